The Hall–Kier alpha value is -3.90. The standard InChI is InChI=1S/C28H23N3O2S/c32-27(19-34-23-15-14-21-10-4-5-11-22(21)16-23)31(17-20-8-2-1-3-9-20)18-26-29-25-13-7-6-12-24(25)28(33)30-26/h1-16H,17-19H2,(H,29,30,33). The van der Waals surface area contributed by atoms with Crippen LogP contribution in [0.5, 0.6) is 0 Å². The molecule has 0 bridgehead atoms. The lowest BCUT2D eigenvalue weighted by Crippen LogP contribution is -2.33. The van der Waals surface area contributed by atoms with Crippen LogP contribution in [0.3, 0.4) is 0 Å². The van der Waals surface area contributed by atoms with Crippen molar-refractivity contribution < 1.29 is 4.79 Å². The Morgan fingerprint density at radius 1 is 0.824 bits per heavy atom. The van der Waals surface area contributed by atoms with E-state index in [0.717, 1.165) is 15.8 Å². The number of aromatic amines is 1. The summed E-state index contributed by atoms with van der Waals surface area (Å²) in [6.45, 7) is 0.667. The molecule has 0 aliphatic carbocycles. The lowest BCUT2D eigenvalue weighted by molar-refractivity contribution is -0.129. The summed E-state index contributed by atoms with van der Waals surface area (Å²) in [5.41, 5.74) is 1.45. The molecule has 0 saturated heterocycles. The highest BCUT2D eigenvalue weighted by Crippen LogP contribution is 2.24. The predicted molar refractivity (Wildman–Crippen MR) is 138 cm³/mol. The zero-order valence-electron chi connectivity index (χ0n) is 18.5. The fourth-order valence-electron chi connectivity index (χ4n) is 3.92. The quantitative estimate of drug-likeness (QED) is 0.327. The molecule has 0 atom stereocenters. The highest BCUT2D eigenvalue weighted by Gasteiger charge is 2.17. The van der Waals surface area contributed by atoms with Crippen molar-refractivity contribution in [1.29, 1.82) is 0 Å². The lowest BCUT2D eigenvalue weighted by atomic mass is 10.1. The van der Waals surface area contributed by atoms with E-state index >= 15 is 0 Å². The highest BCUT2D eigenvalue weighted by atomic mass is 32.2. The van der Waals surface area contributed by atoms with Gasteiger partial charge in [0, 0.05) is 11.4 Å². The second kappa shape index (κ2) is 9.93. The molecule has 5 aromatic rings. The summed E-state index contributed by atoms with van der Waals surface area (Å²) in [6, 6.07) is 31.5. The summed E-state index contributed by atoms with van der Waals surface area (Å²) in [4.78, 5) is 36.1. The first-order chi connectivity index (χ1) is 16.7. The number of H-pyrrole nitrogens is 1. The van der Waals surface area contributed by atoms with E-state index in [9.17, 15) is 9.59 Å². The van der Waals surface area contributed by atoms with Gasteiger partial charge in [-0.15, -0.1) is 11.8 Å². The molecule has 1 aromatic heterocycles. The van der Waals surface area contributed by atoms with Crippen LogP contribution >= 0.6 is 11.8 Å². The number of rotatable bonds is 7. The SMILES string of the molecule is O=C(CSc1ccc2ccccc2c1)N(Cc1ccccc1)Cc1nc2ccccc2c(=O)[nH]1. The third kappa shape index (κ3) is 5.02. The van der Waals surface area contributed by atoms with Crippen LogP contribution < -0.4 is 5.56 Å². The zero-order chi connectivity index (χ0) is 23.3. The Kier molecular flexibility index (Phi) is 6.40. The van der Waals surface area contributed by atoms with Gasteiger partial charge in [-0.1, -0.05) is 72.8 Å². The largest absolute Gasteiger partial charge is 0.330 e. The fourth-order valence-corrected chi connectivity index (χ4v) is 4.77. The van der Waals surface area contributed by atoms with Crippen LogP contribution in [0, 0.1) is 0 Å². The van der Waals surface area contributed by atoms with Crippen LogP contribution in [-0.2, 0) is 17.9 Å². The number of fused-ring (bicyclic) bond motifs is 2. The molecule has 34 heavy (non-hydrogen) atoms. The maximum Gasteiger partial charge on any atom is 0.258 e. The normalized spacial score (nSPS) is 11.1. The number of nitrogens with one attached hydrogen (secondary N) is 1. The average Bonchev–Trinajstić information content (AvgIpc) is 2.87. The summed E-state index contributed by atoms with van der Waals surface area (Å²) in [5, 5.41) is 2.87. The van der Waals surface area contributed by atoms with Crippen molar-refractivity contribution in [3.8, 4) is 0 Å². The van der Waals surface area contributed by atoms with Gasteiger partial charge >= 0.3 is 0 Å². The number of hydrogen-bond donors (Lipinski definition) is 1. The van der Waals surface area contributed by atoms with Gasteiger partial charge in [-0.2, -0.15) is 0 Å². The van der Waals surface area contributed by atoms with Crippen molar-refractivity contribution in [1.82, 2.24) is 14.9 Å². The molecule has 0 radical (unpaired) electrons. The topological polar surface area (TPSA) is 66.1 Å². The van der Waals surface area contributed by atoms with Crippen molar-refractivity contribution in [2.24, 2.45) is 0 Å². The van der Waals surface area contributed by atoms with Gasteiger partial charge in [-0.3, -0.25) is 9.59 Å². The maximum atomic E-state index is 13.3. The van der Waals surface area contributed by atoms with Gasteiger partial charge in [0.25, 0.3) is 5.56 Å². The number of amides is 1. The van der Waals surface area contributed by atoms with E-state index in [1.54, 1.807) is 11.0 Å². The third-order valence-corrected chi connectivity index (χ3v) is 6.63. The summed E-state index contributed by atoms with van der Waals surface area (Å²) >= 11 is 1.51. The monoisotopic (exact) mass is 465 g/mol. The molecule has 4 aromatic carbocycles. The second-order valence-corrected chi connectivity index (χ2v) is 9.11. The molecule has 168 valence electrons. The summed E-state index contributed by atoms with van der Waals surface area (Å²) < 4.78 is 0. The van der Waals surface area contributed by atoms with E-state index in [2.05, 4.69) is 34.2 Å². The summed E-state index contributed by atoms with van der Waals surface area (Å²) in [7, 11) is 0. The smallest absolute Gasteiger partial charge is 0.258 e. The summed E-state index contributed by atoms with van der Waals surface area (Å²) in [6.07, 6.45) is 0. The highest BCUT2D eigenvalue weighted by molar-refractivity contribution is 8.00. The van der Waals surface area contributed by atoms with Crippen molar-refractivity contribution in [2.75, 3.05) is 5.75 Å². The zero-order valence-corrected chi connectivity index (χ0v) is 19.3. The number of thioether (sulfide) groups is 1. The minimum Gasteiger partial charge on any atom is -0.330 e. The molecule has 0 fully saturated rings. The van der Waals surface area contributed by atoms with Crippen LogP contribution in [-0.4, -0.2) is 26.5 Å². The van der Waals surface area contributed by atoms with Gasteiger partial charge in [-0.05, 0) is 40.6 Å². The molecule has 0 saturated carbocycles. The molecule has 1 heterocycles. The van der Waals surface area contributed by atoms with Crippen molar-refractivity contribution >= 4 is 39.3 Å². The van der Waals surface area contributed by atoms with Gasteiger partial charge in [-0.25, -0.2) is 4.98 Å². The van der Waals surface area contributed by atoms with E-state index in [1.807, 2.05) is 66.7 Å². The van der Waals surface area contributed by atoms with Crippen molar-refractivity contribution in [3.05, 3.63) is 119 Å². The third-order valence-electron chi connectivity index (χ3n) is 5.65. The Bertz CT molecular complexity index is 1510. The average molecular weight is 466 g/mol. The van der Waals surface area contributed by atoms with E-state index in [1.165, 1.54) is 17.1 Å². The number of aromatic nitrogens is 2. The molecular formula is C28H23N3O2S. The molecule has 1 N–H and O–H groups in total. The Balaban J connectivity index is 1.37. The molecule has 5 nitrogen and oxygen atoms in total. The minimum atomic E-state index is -0.196. The molecule has 0 aliphatic rings. The Morgan fingerprint density at radius 3 is 2.41 bits per heavy atom. The van der Waals surface area contributed by atoms with E-state index < -0.39 is 0 Å². The first-order valence-electron chi connectivity index (χ1n) is 11.1. The Labute approximate surface area is 201 Å². The molecule has 1 amide bonds. The van der Waals surface area contributed by atoms with Crippen LogP contribution in [0.2, 0.25) is 0 Å². The molecule has 6 heteroatoms. The van der Waals surface area contributed by atoms with Crippen LogP contribution in [0.15, 0.2) is 107 Å². The number of para-hydroxylation sites is 1. The number of carbonyl (C=O) groups is 1. The first kappa shape index (κ1) is 21.9. The molecule has 0 spiro atoms. The van der Waals surface area contributed by atoms with E-state index in [-0.39, 0.29) is 18.0 Å². The molecular weight excluding hydrogens is 442 g/mol. The maximum absolute atomic E-state index is 13.3. The van der Waals surface area contributed by atoms with Gasteiger partial charge in [0.05, 0.1) is 23.2 Å². The number of nitrogens with zero attached hydrogens (tertiary/aromatic N) is 2. The molecule has 0 unspecified atom stereocenters. The minimum absolute atomic E-state index is 0.0159. The van der Waals surface area contributed by atoms with E-state index in [4.69, 9.17) is 0 Å². The molecule has 0 aliphatic heterocycles. The number of carbonyl (C=O) groups excluding carboxylic acids is 1. The Morgan fingerprint density at radius 2 is 1.56 bits per heavy atom. The summed E-state index contributed by atoms with van der Waals surface area (Å²) in [5.74, 6) is 0.754. The van der Waals surface area contributed by atoms with Crippen molar-refractivity contribution in [2.45, 2.75) is 18.0 Å². The van der Waals surface area contributed by atoms with Gasteiger partial charge in [0.15, 0.2) is 0 Å². The van der Waals surface area contributed by atoms with Crippen LogP contribution in [0.4, 0.5) is 0 Å². The number of benzene rings is 4. The van der Waals surface area contributed by atoms with Crippen LogP contribution in [0.25, 0.3) is 21.7 Å². The van der Waals surface area contributed by atoms with E-state index in [0.29, 0.717) is 29.0 Å². The van der Waals surface area contributed by atoms with Gasteiger partial charge in [0.2, 0.25) is 5.91 Å². The fraction of sp³-hybridized carbons (Fsp3) is 0.107. The predicted octanol–water partition coefficient (Wildman–Crippen LogP) is 5.40. The van der Waals surface area contributed by atoms with Crippen molar-refractivity contribution in [3.63, 3.8) is 0 Å². The second-order valence-electron chi connectivity index (χ2n) is 8.06. The van der Waals surface area contributed by atoms with Gasteiger partial charge in [0.1, 0.15) is 5.82 Å². The first-order valence-corrected chi connectivity index (χ1v) is 12.1. The molecule has 5 rings (SSSR count). The number of hydrogen-bond acceptors (Lipinski definition) is 4. The van der Waals surface area contributed by atoms with Gasteiger partial charge < -0.3 is 9.88 Å². The van der Waals surface area contributed by atoms with Crippen LogP contribution in [0.1, 0.15) is 11.4 Å². The lowest BCUT2D eigenvalue weighted by Gasteiger charge is -2.22.